The highest BCUT2D eigenvalue weighted by Gasteiger charge is 2.52. The van der Waals surface area contributed by atoms with Crippen molar-refractivity contribution in [2.24, 2.45) is 0 Å². The largest absolute Gasteiger partial charge is 0.513 e. The molecule has 0 radical (unpaired) electrons. The van der Waals surface area contributed by atoms with Crippen LogP contribution >= 0.6 is 0 Å². The van der Waals surface area contributed by atoms with Gasteiger partial charge >= 0.3 is 30.0 Å². The average molecular weight is 597 g/mol. The molecule has 1 aromatic rings. The van der Waals surface area contributed by atoms with Gasteiger partial charge in [-0.25, -0.2) is 4.79 Å². The minimum atomic E-state index is -1.39. The minimum Gasteiger partial charge on any atom is -0.463 e. The monoisotopic (exact) mass is 596 g/mol. The van der Waals surface area contributed by atoms with Crippen molar-refractivity contribution in [3.8, 4) is 5.75 Å². The lowest BCUT2D eigenvalue weighted by atomic mass is 9.94. The summed E-state index contributed by atoms with van der Waals surface area (Å²) in [7, 11) is 0. The third kappa shape index (κ3) is 10.3. The molecule has 42 heavy (non-hydrogen) atoms. The van der Waals surface area contributed by atoms with Crippen LogP contribution in [0.1, 0.15) is 78.4 Å². The molecule has 0 aromatic heterocycles. The number of benzene rings is 1. The van der Waals surface area contributed by atoms with E-state index < -0.39 is 67.3 Å². The van der Waals surface area contributed by atoms with Gasteiger partial charge in [0.2, 0.25) is 0 Å². The van der Waals surface area contributed by atoms with Gasteiger partial charge in [-0.2, -0.15) is 0 Å². The number of hydrogen-bond acceptors (Lipinski definition) is 13. The molecule has 1 saturated heterocycles. The van der Waals surface area contributed by atoms with Crippen LogP contribution in [0.3, 0.4) is 0 Å². The van der Waals surface area contributed by atoms with Crippen LogP contribution in [0, 0.1) is 0 Å². The summed E-state index contributed by atoms with van der Waals surface area (Å²) in [6.45, 7) is 11.5. The molecule has 0 bridgehead atoms. The summed E-state index contributed by atoms with van der Waals surface area (Å²) in [5.41, 5.74) is 1.71. The summed E-state index contributed by atoms with van der Waals surface area (Å²) in [5, 5.41) is 0. The second kappa shape index (κ2) is 16.1. The molecule has 13 nitrogen and oxygen atoms in total. The fourth-order valence-corrected chi connectivity index (χ4v) is 4.33. The Bertz CT molecular complexity index is 1090. The summed E-state index contributed by atoms with van der Waals surface area (Å²) in [5.74, 6) is -2.30. The Labute approximate surface area is 245 Å². The van der Waals surface area contributed by atoms with E-state index in [-0.39, 0.29) is 25.0 Å². The first kappa shape index (κ1) is 34.5. The van der Waals surface area contributed by atoms with Crippen LogP contribution in [0.4, 0.5) is 4.79 Å². The number of rotatable bonds is 12. The van der Waals surface area contributed by atoms with Crippen molar-refractivity contribution in [3.05, 3.63) is 29.3 Å². The molecule has 0 aliphatic carbocycles. The Morgan fingerprint density at radius 3 is 1.74 bits per heavy atom. The maximum absolute atomic E-state index is 12.6. The van der Waals surface area contributed by atoms with E-state index in [1.807, 2.05) is 45.9 Å². The lowest BCUT2D eigenvalue weighted by Gasteiger charge is -2.44. The fraction of sp³-hybridized carbons (Fsp3) is 0.621. The minimum absolute atomic E-state index is 0.0948. The first-order valence-corrected chi connectivity index (χ1v) is 13.6. The molecule has 1 heterocycles. The molecule has 0 spiro atoms. The third-order valence-corrected chi connectivity index (χ3v) is 6.04. The third-order valence-electron chi connectivity index (χ3n) is 6.04. The lowest BCUT2D eigenvalue weighted by molar-refractivity contribution is -0.308. The summed E-state index contributed by atoms with van der Waals surface area (Å²) in [6, 6.07) is 5.67. The number of hydrogen-bond donors (Lipinski definition) is 0. The first-order valence-electron chi connectivity index (χ1n) is 13.6. The molecule has 1 aromatic carbocycles. The molecular formula is C29H40O13. The quantitative estimate of drug-likeness (QED) is 0.149. The zero-order chi connectivity index (χ0) is 31.6. The van der Waals surface area contributed by atoms with Gasteiger partial charge in [0.25, 0.3) is 0 Å². The zero-order valence-electron chi connectivity index (χ0n) is 25.2. The Morgan fingerprint density at radius 2 is 1.24 bits per heavy atom. The second-order valence-corrected chi connectivity index (χ2v) is 10.2. The van der Waals surface area contributed by atoms with E-state index >= 15 is 0 Å². The summed E-state index contributed by atoms with van der Waals surface area (Å²) in [6.07, 6.45) is -7.57. The maximum Gasteiger partial charge on any atom is 0.513 e. The molecule has 1 aliphatic rings. The van der Waals surface area contributed by atoms with Gasteiger partial charge < -0.3 is 37.9 Å². The van der Waals surface area contributed by atoms with Crippen LogP contribution in [0.25, 0.3) is 0 Å². The number of carbonyl (C=O) groups is 5. The average Bonchev–Trinajstić information content (AvgIpc) is 2.87. The van der Waals surface area contributed by atoms with Crippen molar-refractivity contribution in [2.75, 3.05) is 19.8 Å². The van der Waals surface area contributed by atoms with Crippen LogP contribution in [0.15, 0.2) is 18.2 Å². The first-order chi connectivity index (χ1) is 19.7. The van der Waals surface area contributed by atoms with E-state index in [9.17, 15) is 24.0 Å². The summed E-state index contributed by atoms with van der Waals surface area (Å²) >= 11 is 0. The van der Waals surface area contributed by atoms with Crippen molar-refractivity contribution < 1.29 is 61.9 Å². The molecule has 0 amide bonds. The van der Waals surface area contributed by atoms with Crippen LogP contribution in [-0.4, -0.2) is 80.6 Å². The molecule has 5 atom stereocenters. The number of esters is 4. The second-order valence-electron chi connectivity index (χ2n) is 10.2. The molecule has 0 N–H and O–H groups in total. The Balaban J connectivity index is 2.18. The molecule has 2 rings (SSSR count). The van der Waals surface area contributed by atoms with Crippen LogP contribution in [0.2, 0.25) is 0 Å². The van der Waals surface area contributed by atoms with Crippen LogP contribution < -0.4 is 4.74 Å². The highest BCUT2D eigenvalue weighted by molar-refractivity contribution is 5.69. The molecule has 1 fully saturated rings. The predicted octanol–water partition coefficient (Wildman–Crippen LogP) is 3.55. The Kier molecular flexibility index (Phi) is 13.2. The van der Waals surface area contributed by atoms with Gasteiger partial charge in [0.15, 0.2) is 24.6 Å². The van der Waals surface area contributed by atoms with E-state index in [2.05, 4.69) is 0 Å². The van der Waals surface area contributed by atoms with Crippen molar-refractivity contribution in [2.45, 2.75) is 97.9 Å². The number of para-hydroxylation sites is 1. The Hall–Kier alpha value is -3.71. The SMILES string of the molecule is CC(=O)OC[C@H]1O[C@@H](OCCOC(=O)Oc2c(C(C)C)cccc2C(C)C)[C@H](OC(C)=O)[C@@H](OC(C)=O)[C@@H]1OC(C)=O. The van der Waals surface area contributed by atoms with Gasteiger partial charge in [-0.15, -0.1) is 0 Å². The molecule has 234 valence electrons. The van der Waals surface area contributed by atoms with Gasteiger partial charge in [-0.05, 0) is 23.0 Å². The van der Waals surface area contributed by atoms with Gasteiger partial charge in [-0.1, -0.05) is 45.9 Å². The van der Waals surface area contributed by atoms with Gasteiger partial charge in [0, 0.05) is 27.7 Å². The molecule has 1 aliphatic heterocycles. The van der Waals surface area contributed by atoms with E-state index in [4.69, 9.17) is 37.9 Å². The standard InChI is InChI=1S/C29H40O13/c1-15(2)21-10-9-11-22(16(3)4)24(21)42-29(34)36-13-12-35-28-27(40-20(8)33)26(39-19(7)32)25(38-18(6)31)23(41-28)14-37-17(5)30/h9-11,15-16,23,25-28H,12-14H2,1-8H3/t23-,25-,26+,27-,28-/m1/s1. The van der Waals surface area contributed by atoms with Crippen LogP contribution in [0.5, 0.6) is 5.75 Å². The number of ether oxygens (including phenoxy) is 8. The fourth-order valence-electron chi connectivity index (χ4n) is 4.33. The van der Waals surface area contributed by atoms with E-state index in [0.29, 0.717) is 5.75 Å². The van der Waals surface area contributed by atoms with Gasteiger partial charge in [0.1, 0.15) is 25.1 Å². The summed E-state index contributed by atoms with van der Waals surface area (Å²) < 4.78 is 43.4. The van der Waals surface area contributed by atoms with Crippen molar-refractivity contribution in [1.82, 2.24) is 0 Å². The van der Waals surface area contributed by atoms with Crippen molar-refractivity contribution in [1.29, 1.82) is 0 Å². The molecular weight excluding hydrogens is 556 g/mol. The van der Waals surface area contributed by atoms with E-state index in [0.717, 1.165) is 31.9 Å². The molecule has 0 saturated carbocycles. The topological polar surface area (TPSA) is 159 Å². The molecule has 13 heteroatoms. The smallest absolute Gasteiger partial charge is 0.463 e. The molecule has 0 unspecified atom stereocenters. The number of carbonyl (C=O) groups excluding carboxylic acids is 5. The van der Waals surface area contributed by atoms with Crippen molar-refractivity contribution >= 4 is 30.0 Å². The Morgan fingerprint density at radius 1 is 0.714 bits per heavy atom. The lowest BCUT2D eigenvalue weighted by Crippen LogP contribution is -2.63. The van der Waals surface area contributed by atoms with Gasteiger partial charge in [-0.3, -0.25) is 19.2 Å². The predicted molar refractivity (Wildman–Crippen MR) is 145 cm³/mol. The normalized spacial score (nSPS) is 21.8. The van der Waals surface area contributed by atoms with E-state index in [1.165, 1.54) is 6.92 Å². The van der Waals surface area contributed by atoms with Gasteiger partial charge in [0.05, 0.1) is 6.61 Å². The summed E-state index contributed by atoms with van der Waals surface area (Å²) in [4.78, 5) is 59.7. The van der Waals surface area contributed by atoms with Crippen molar-refractivity contribution in [3.63, 3.8) is 0 Å². The zero-order valence-corrected chi connectivity index (χ0v) is 25.2. The highest BCUT2D eigenvalue weighted by atomic mass is 16.8. The highest BCUT2D eigenvalue weighted by Crippen LogP contribution is 2.35. The maximum atomic E-state index is 12.6. The van der Waals surface area contributed by atoms with Crippen LogP contribution in [-0.2, 0) is 52.3 Å². The van der Waals surface area contributed by atoms with E-state index in [1.54, 1.807) is 0 Å².